The zero-order valence-corrected chi connectivity index (χ0v) is 18.0. The average molecular weight is 449 g/mol. The lowest BCUT2D eigenvalue weighted by Gasteiger charge is -2.32. The van der Waals surface area contributed by atoms with Gasteiger partial charge in [0.15, 0.2) is 11.2 Å². The summed E-state index contributed by atoms with van der Waals surface area (Å²) in [6, 6.07) is 16.9. The van der Waals surface area contributed by atoms with E-state index in [9.17, 15) is 9.59 Å². The van der Waals surface area contributed by atoms with E-state index in [0.717, 1.165) is 18.4 Å². The van der Waals surface area contributed by atoms with Crippen LogP contribution in [0, 0.1) is 0 Å². The third kappa shape index (κ3) is 3.89. The van der Waals surface area contributed by atoms with Gasteiger partial charge < -0.3 is 9.88 Å². The van der Waals surface area contributed by atoms with E-state index in [1.54, 1.807) is 33.8 Å². The zero-order chi connectivity index (χ0) is 22.1. The van der Waals surface area contributed by atoms with Crippen LogP contribution >= 0.6 is 11.6 Å². The number of nitrogens with zero attached hydrogens (tertiary/aromatic N) is 5. The lowest BCUT2D eigenvalue weighted by atomic mass is 9.96. The Morgan fingerprint density at radius 1 is 1.12 bits per heavy atom. The molecule has 2 aromatic heterocycles. The summed E-state index contributed by atoms with van der Waals surface area (Å²) >= 11 is 6.23. The lowest BCUT2D eigenvalue weighted by molar-refractivity contribution is 0.0704. The van der Waals surface area contributed by atoms with Gasteiger partial charge in [0.25, 0.3) is 11.5 Å². The first-order chi connectivity index (χ1) is 15.6. The van der Waals surface area contributed by atoms with E-state index in [1.807, 2.05) is 30.3 Å². The third-order valence-electron chi connectivity index (χ3n) is 5.77. The number of rotatable bonds is 4. The predicted octanol–water partition coefficient (Wildman–Crippen LogP) is 3.24. The van der Waals surface area contributed by atoms with Gasteiger partial charge in [-0.25, -0.2) is 9.67 Å². The predicted molar refractivity (Wildman–Crippen MR) is 121 cm³/mol. The van der Waals surface area contributed by atoms with Crippen molar-refractivity contribution in [1.29, 1.82) is 0 Å². The van der Waals surface area contributed by atoms with E-state index >= 15 is 0 Å². The topological polar surface area (TPSA) is 96.8 Å². The molecule has 1 fully saturated rings. The molecule has 1 amide bonds. The van der Waals surface area contributed by atoms with Gasteiger partial charge in [-0.15, -0.1) is 5.10 Å². The minimum atomic E-state index is -0.320. The molecule has 0 saturated carbocycles. The highest BCUT2D eigenvalue weighted by Gasteiger charge is 2.28. The van der Waals surface area contributed by atoms with Crippen molar-refractivity contribution >= 4 is 28.7 Å². The molecular weight excluding hydrogens is 428 g/mol. The number of aromatic nitrogens is 5. The van der Waals surface area contributed by atoms with Crippen molar-refractivity contribution in [2.24, 2.45) is 0 Å². The first-order valence-electron chi connectivity index (χ1n) is 10.5. The number of benzene rings is 2. The molecule has 0 radical (unpaired) electrons. The first-order valence-corrected chi connectivity index (χ1v) is 10.9. The van der Waals surface area contributed by atoms with Gasteiger partial charge in [-0.3, -0.25) is 9.59 Å². The molecule has 0 spiro atoms. The molecule has 8 nitrogen and oxygen atoms in total. The molecule has 1 saturated heterocycles. The van der Waals surface area contributed by atoms with Crippen LogP contribution in [0.25, 0.3) is 11.2 Å². The van der Waals surface area contributed by atoms with Crippen LogP contribution in [0.4, 0.5) is 0 Å². The summed E-state index contributed by atoms with van der Waals surface area (Å²) in [5.74, 6) is 0.350. The van der Waals surface area contributed by atoms with Crippen molar-refractivity contribution in [1.82, 2.24) is 29.9 Å². The first kappa shape index (κ1) is 20.4. The van der Waals surface area contributed by atoms with Crippen LogP contribution in [0.5, 0.6) is 0 Å². The van der Waals surface area contributed by atoms with E-state index in [1.165, 1.54) is 0 Å². The van der Waals surface area contributed by atoms with Crippen molar-refractivity contribution in [2.45, 2.75) is 25.3 Å². The van der Waals surface area contributed by atoms with Crippen LogP contribution in [-0.4, -0.2) is 48.9 Å². The number of hydrogen-bond donors (Lipinski definition) is 1. The number of hydrogen-bond acceptors (Lipinski definition) is 5. The largest absolute Gasteiger partial charge is 0.338 e. The molecule has 1 aliphatic heterocycles. The molecule has 0 aliphatic carbocycles. The van der Waals surface area contributed by atoms with E-state index in [4.69, 9.17) is 16.6 Å². The summed E-state index contributed by atoms with van der Waals surface area (Å²) in [5, 5.41) is 8.59. The molecule has 0 unspecified atom stereocenters. The Hall–Kier alpha value is -3.52. The maximum absolute atomic E-state index is 13.0. The van der Waals surface area contributed by atoms with Crippen LogP contribution in [-0.2, 0) is 6.54 Å². The highest BCUT2D eigenvalue weighted by molar-refractivity contribution is 6.33. The van der Waals surface area contributed by atoms with Gasteiger partial charge in [-0.2, -0.15) is 0 Å². The molecular formula is C23H21ClN6O2. The smallest absolute Gasteiger partial charge is 0.281 e. The van der Waals surface area contributed by atoms with E-state index in [0.29, 0.717) is 41.7 Å². The molecule has 3 heterocycles. The van der Waals surface area contributed by atoms with Crippen LogP contribution in [0.3, 0.4) is 0 Å². The Balaban J connectivity index is 1.44. The van der Waals surface area contributed by atoms with Gasteiger partial charge in [0.1, 0.15) is 5.82 Å². The highest BCUT2D eigenvalue weighted by Crippen LogP contribution is 2.27. The van der Waals surface area contributed by atoms with Gasteiger partial charge in [0, 0.05) is 19.0 Å². The molecule has 1 aliphatic rings. The number of fused-ring (bicyclic) bond motifs is 1. The van der Waals surface area contributed by atoms with Crippen molar-refractivity contribution in [3.05, 3.63) is 86.9 Å². The number of aromatic amines is 1. The van der Waals surface area contributed by atoms with E-state index in [-0.39, 0.29) is 22.9 Å². The van der Waals surface area contributed by atoms with Crippen molar-refractivity contribution in [3.63, 3.8) is 0 Å². The number of halogens is 1. The normalized spacial score (nSPS) is 16.4. The molecule has 32 heavy (non-hydrogen) atoms. The number of H-pyrrole nitrogens is 1. The zero-order valence-electron chi connectivity index (χ0n) is 17.2. The third-order valence-corrected chi connectivity index (χ3v) is 6.10. The summed E-state index contributed by atoms with van der Waals surface area (Å²) in [6.45, 7) is 1.56. The summed E-state index contributed by atoms with van der Waals surface area (Å²) < 4.78 is 1.64. The fraction of sp³-hybridized carbons (Fsp3) is 0.261. The van der Waals surface area contributed by atoms with Gasteiger partial charge in [0.2, 0.25) is 0 Å². The van der Waals surface area contributed by atoms with E-state index < -0.39 is 0 Å². The lowest BCUT2D eigenvalue weighted by Crippen LogP contribution is -2.40. The van der Waals surface area contributed by atoms with E-state index in [2.05, 4.69) is 15.3 Å². The molecule has 0 bridgehead atoms. The Kier molecular flexibility index (Phi) is 5.45. The second-order valence-corrected chi connectivity index (χ2v) is 8.33. The quantitative estimate of drug-likeness (QED) is 0.517. The van der Waals surface area contributed by atoms with Gasteiger partial charge in [-0.05, 0) is 30.5 Å². The maximum atomic E-state index is 13.0. The molecule has 1 atom stereocenters. The molecule has 2 aromatic carbocycles. The monoisotopic (exact) mass is 448 g/mol. The molecule has 4 aromatic rings. The number of amides is 1. The standard InChI is InChI=1S/C23H21ClN6O2/c24-18-11-5-4-10-17(18)23(32)29-12-6-9-16(14-29)20-25-21-19(22(31)26-20)27-28-30(21)13-15-7-2-1-3-8-15/h1-5,7-8,10-11,16H,6,9,12-14H2,(H,25,26,31)/t16-/m1/s1. The fourth-order valence-corrected chi connectivity index (χ4v) is 4.35. The van der Waals surface area contributed by atoms with Crippen LogP contribution in [0.15, 0.2) is 59.4 Å². The van der Waals surface area contributed by atoms with Crippen molar-refractivity contribution in [2.75, 3.05) is 13.1 Å². The molecule has 9 heteroatoms. The number of carbonyl (C=O) groups excluding carboxylic acids is 1. The van der Waals surface area contributed by atoms with Crippen LogP contribution in [0.2, 0.25) is 5.02 Å². The number of piperidine rings is 1. The minimum absolute atomic E-state index is 0.0904. The van der Waals surface area contributed by atoms with Crippen LogP contribution < -0.4 is 5.56 Å². The Morgan fingerprint density at radius 2 is 1.91 bits per heavy atom. The number of nitrogens with one attached hydrogen (secondary N) is 1. The SMILES string of the molecule is O=C(c1ccccc1Cl)N1CCC[C@@H](c2nc3c(nnn3Cc3ccccc3)c(=O)[nH]2)C1. The second-order valence-electron chi connectivity index (χ2n) is 7.93. The molecule has 5 rings (SSSR count). The minimum Gasteiger partial charge on any atom is -0.338 e. The summed E-state index contributed by atoms with van der Waals surface area (Å²) in [5.41, 5.74) is 1.86. The van der Waals surface area contributed by atoms with Gasteiger partial charge in [-0.1, -0.05) is 59.3 Å². The Morgan fingerprint density at radius 3 is 2.72 bits per heavy atom. The Bertz CT molecular complexity index is 1330. The van der Waals surface area contributed by atoms with Gasteiger partial charge >= 0.3 is 0 Å². The number of carbonyl (C=O) groups is 1. The van der Waals surface area contributed by atoms with Crippen molar-refractivity contribution in [3.8, 4) is 0 Å². The molecule has 1 N–H and O–H groups in total. The van der Waals surface area contributed by atoms with Gasteiger partial charge in [0.05, 0.1) is 17.1 Å². The number of likely N-dealkylation sites (tertiary alicyclic amines) is 1. The fourth-order valence-electron chi connectivity index (χ4n) is 4.13. The van der Waals surface area contributed by atoms with Crippen molar-refractivity contribution < 1.29 is 4.79 Å². The summed E-state index contributed by atoms with van der Waals surface area (Å²) in [6.07, 6.45) is 1.63. The summed E-state index contributed by atoms with van der Waals surface area (Å²) in [7, 11) is 0. The Labute approximate surface area is 188 Å². The second kappa shape index (κ2) is 8.55. The average Bonchev–Trinajstić information content (AvgIpc) is 3.23. The maximum Gasteiger partial charge on any atom is 0.281 e. The summed E-state index contributed by atoms with van der Waals surface area (Å²) in [4.78, 5) is 35.1. The van der Waals surface area contributed by atoms with Crippen LogP contribution in [0.1, 0.15) is 40.5 Å². The highest BCUT2D eigenvalue weighted by atomic mass is 35.5. The molecule has 162 valence electrons.